The van der Waals surface area contributed by atoms with Crippen LogP contribution in [0, 0.1) is 0 Å². The van der Waals surface area contributed by atoms with Crippen LogP contribution in [0.25, 0.3) is 10.9 Å². The van der Waals surface area contributed by atoms with E-state index in [1.165, 1.54) is 0 Å². The van der Waals surface area contributed by atoms with Crippen LogP contribution >= 0.6 is 0 Å². The number of piperazine rings is 1. The molecule has 1 aliphatic rings. The number of aromatic nitrogens is 2. The normalized spacial score (nSPS) is 19.8. The molecule has 2 aromatic rings. The van der Waals surface area contributed by atoms with E-state index in [4.69, 9.17) is 4.74 Å². The Labute approximate surface area is 142 Å². The molecular formula is C18H26N4O2. The Bertz CT molecular complexity index is 730. The first-order valence-corrected chi connectivity index (χ1v) is 8.60. The summed E-state index contributed by atoms with van der Waals surface area (Å²) < 4.78 is 5.17. The standard InChI is InChI=1S/C18H26N4O2/c1-14-13-21(9-10-22(14)11-12-24-2)8-7-17-19-16-6-4-3-5-15(16)18(23)20-17/h3-6,14H,7-13H2,1-2H3,(H,19,20,23)/t14-/m1/s1. The molecule has 24 heavy (non-hydrogen) atoms. The number of nitrogens with zero attached hydrogens (tertiary/aromatic N) is 3. The van der Waals surface area contributed by atoms with Crippen molar-refractivity contribution in [3.63, 3.8) is 0 Å². The van der Waals surface area contributed by atoms with Crippen molar-refractivity contribution in [1.82, 2.24) is 19.8 Å². The quantitative estimate of drug-likeness (QED) is 0.860. The Morgan fingerprint density at radius 3 is 2.92 bits per heavy atom. The fourth-order valence-electron chi connectivity index (χ4n) is 3.33. The van der Waals surface area contributed by atoms with Crippen LogP contribution in [0.2, 0.25) is 0 Å². The van der Waals surface area contributed by atoms with E-state index in [9.17, 15) is 4.79 Å². The molecule has 0 amide bonds. The second-order valence-electron chi connectivity index (χ2n) is 6.46. The number of H-pyrrole nitrogens is 1. The van der Waals surface area contributed by atoms with Crippen molar-refractivity contribution < 1.29 is 4.74 Å². The molecule has 0 unspecified atom stereocenters. The third-order valence-electron chi connectivity index (χ3n) is 4.76. The summed E-state index contributed by atoms with van der Waals surface area (Å²) in [6, 6.07) is 8.01. The molecule has 2 heterocycles. The molecule has 3 rings (SSSR count). The number of hydrogen-bond acceptors (Lipinski definition) is 5. The van der Waals surface area contributed by atoms with Crippen LogP contribution in [0.15, 0.2) is 29.1 Å². The fourth-order valence-corrected chi connectivity index (χ4v) is 3.33. The van der Waals surface area contributed by atoms with E-state index in [1.807, 2.05) is 24.3 Å². The number of ether oxygens (including phenoxy) is 1. The monoisotopic (exact) mass is 330 g/mol. The molecule has 1 atom stereocenters. The van der Waals surface area contributed by atoms with Gasteiger partial charge in [-0.3, -0.25) is 9.69 Å². The second kappa shape index (κ2) is 7.88. The van der Waals surface area contributed by atoms with Crippen molar-refractivity contribution in [2.75, 3.05) is 46.4 Å². The SMILES string of the molecule is COCCN1CCN(CCc2nc3ccccc3c(=O)[nH]2)C[C@H]1C. The lowest BCUT2D eigenvalue weighted by Crippen LogP contribution is -2.52. The van der Waals surface area contributed by atoms with Gasteiger partial charge < -0.3 is 14.6 Å². The van der Waals surface area contributed by atoms with Crippen LogP contribution < -0.4 is 5.56 Å². The van der Waals surface area contributed by atoms with E-state index in [-0.39, 0.29) is 5.56 Å². The van der Waals surface area contributed by atoms with Gasteiger partial charge in [0, 0.05) is 52.3 Å². The molecule has 0 bridgehead atoms. The van der Waals surface area contributed by atoms with E-state index in [0.29, 0.717) is 11.4 Å². The largest absolute Gasteiger partial charge is 0.383 e. The number of fused-ring (bicyclic) bond motifs is 1. The number of hydrogen-bond donors (Lipinski definition) is 1. The maximum Gasteiger partial charge on any atom is 0.258 e. The van der Waals surface area contributed by atoms with Gasteiger partial charge in [0.1, 0.15) is 5.82 Å². The Morgan fingerprint density at radius 2 is 2.12 bits per heavy atom. The summed E-state index contributed by atoms with van der Waals surface area (Å²) in [6.45, 7) is 8.11. The first-order valence-electron chi connectivity index (χ1n) is 8.60. The number of benzene rings is 1. The summed E-state index contributed by atoms with van der Waals surface area (Å²) in [6.07, 6.45) is 0.769. The maximum atomic E-state index is 12.1. The summed E-state index contributed by atoms with van der Waals surface area (Å²) in [5, 5.41) is 0.654. The van der Waals surface area contributed by atoms with E-state index in [2.05, 4.69) is 26.7 Å². The Hall–Kier alpha value is -1.76. The maximum absolute atomic E-state index is 12.1. The summed E-state index contributed by atoms with van der Waals surface area (Å²) in [4.78, 5) is 24.5. The first kappa shape index (κ1) is 17.1. The molecule has 6 heteroatoms. The Balaban J connectivity index is 1.58. The van der Waals surface area contributed by atoms with Gasteiger partial charge in [-0.05, 0) is 19.1 Å². The van der Waals surface area contributed by atoms with Crippen LogP contribution in [0.1, 0.15) is 12.7 Å². The molecule has 1 N–H and O–H groups in total. The smallest absolute Gasteiger partial charge is 0.258 e. The van der Waals surface area contributed by atoms with Crippen molar-refractivity contribution in [3.8, 4) is 0 Å². The van der Waals surface area contributed by atoms with Gasteiger partial charge in [-0.25, -0.2) is 4.98 Å². The number of methoxy groups -OCH3 is 1. The molecule has 0 aliphatic carbocycles. The van der Waals surface area contributed by atoms with Crippen molar-refractivity contribution >= 4 is 10.9 Å². The summed E-state index contributed by atoms with van der Waals surface area (Å²) in [5.74, 6) is 0.771. The minimum atomic E-state index is -0.0478. The summed E-state index contributed by atoms with van der Waals surface area (Å²) in [7, 11) is 1.75. The zero-order valence-electron chi connectivity index (χ0n) is 14.5. The van der Waals surface area contributed by atoms with E-state index >= 15 is 0 Å². The molecule has 0 spiro atoms. The molecule has 1 aliphatic heterocycles. The molecule has 0 saturated carbocycles. The van der Waals surface area contributed by atoms with Gasteiger partial charge in [-0.2, -0.15) is 0 Å². The van der Waals surface area contributed by atoms with Crippen molar-refractivity contribution in [2.45, 2.75) is 19.4 Å². The average molecular weight is 330 g/mol. The lowest BCUT2D eigenvalue weighted by atomic mass is 10.2. The zero-order valence-corrected chi connectivity index (χ0v) is 14.5. The summed E-state index contributed by atoms with van der Waals surface area (Å²) in [5.41, 5.74) is 0.724. The number of para-hydroxylation sites is 1. The van der Waals surface area contributed by atoms with Crippen LogP contribution in [0.4, 0.5) is 0 Å². The Kier molecular flexibility index (Phi) is 5.60. The highest BCUT2D eigenvalue weighted by Gasteiger charge is 2.23. The van der Waals surface area contributed by atoms with Crippen molar-refractivity contribution in [3.05, 3.63) is 40.4 Å². The molecule has 1 saturated heterocycles. The van der Waals surface area contributed by atoms with Crippen molar-refractivity contribution in [2.24, 2.45) is 0 Å². The number of aromatic amines is 1. The van der Waals surface area contributed by atoms with Crippen LogP contribution in [-0.4, -0.2) is 72.3 Å². The average Bonchev–Trinajstić information content (AvgIpc) is 2.59. The lowest BCUT2D eigenvalue weighted by molar-refractivity contribution is 0.0594. The summed E-state index contributed by atoms with van der Waals surface area (Å²) >= 11 is 0. The third kappa shape index (κ3) is 4.01. The predicted molar refractivity (Wildman–Crippen MR) is 95.4 cm³/mol. The molecular weight excluding hydrogens is 304 g/mol. The zero-order chi connectivity index (χ0) is 16.9. The van der Waals surface area contributed by atoms with Gasteiger partial charge in [0.2, 0.25) is 0 Å². The van der Waals surface area contributed by atoms with Gasteiger partial charge in [-0.1, -0.05) is 12.1 Å². The third-order valence-corrected chi connectivity index (χ3v) is 4.76. The molecule has 1 aromatic carbocycles. The van der Waals surface area contributed by atoms with Crippen LogP contribution in [-0.2, 0) is 11.2 Å². The van der Waals surface area contributed by atoms with Gasteiger partial charge in [0.15, 0.2) is 0 Å². The van der Waals surface area contributed by atoms with Crippen LogP contribution in [0.5, 0.6) is 0 Å². The highest BCUT2D eigenvalue weighted by Crippen LogP contribution is 2.10. The van der Waals surface area contributed by atoms with Gasteiger partial charge in [-0.15, -0.1) is 0 Å². The lowest BCUT2D eigenvalue weighted by Gasteiger charge is -2.39. The highest BCUT2D eigenvalue weighted by molar-refractivity contribution is 5.77. The molecule has 1 fully saturated rings. The highest BCUT2D eigenvalue weighted by atomic mass is 16.5. The van der Waals surface area contributed by atoms with Crippen molar-refractivity contribution in [1.29, 1.82) is 0 Å². The Morgan fingerprint density at radius 1 is 1.29 bits per heavy atom. The van der Waals surface area contributed by atoms with Gasteiger partial charge >= 0.3 is 0 Å². The molecule has 1 aromatic heterocycles. The molecule has 130 valence electrons. The minimum Gasteiger partial charge on any atom is -0.383 e. The van der Waals surface area contributed by atoms with Crippen LogP contribution in [0.3, 0.4) is 0 Å². The van der Waals surface area contributed by atoms with E-state index in [0.717, 1.165) is 57.1 Å². The van der Waals surface area contributed by atoms with Gasteiger partial charge in [0.05, 0.1) is 17.5 Å². The number of rotatable bonds is 6. The minimum absolute atomic E-state index is 0.0478. The van der Waals surface area contributed by atoms with E-state index in [1.54, 1.807) is 7.11 Å². The van der Waals surface area contributed by atoms with E-state index < -0.39 is 0 Å². The number of nitrogens with one attached hydrogen (secondary N) is 1. The predicted octanol–water partition coefficient (Wildman–Crippen LogP) is 1.12. The topological polar surface area (TPSA) is 61.5 Å². The second-order valence-corrected chi connectivity index (χ2v) is 6.46. The van der Waals surface area contributed by atoms with Gasteiger partial charge in [0.25, 0.3) is 5.56 Å². The fraction of sp³-hybridized carbons (Fsp3) is 0.556. The molecule has 6 nitrogen and oxygen atoms in total. The first-order chi connectivity index (χ1) is 11.7. The molecule has 0 radical (unpaired) electrons.